The molecule has 5 heteroatoms. The highest BCUT2D eigenvalue weighted by atomic mass is 16.3. The van der Waals surface area contributed by atoms with Crippen molar-refractivity contribution in [2.24, 2.45) is 0 Å². The van der Waals surface area contributed by atoms with Crippen LogP contribution in [0.15, 0.2) is 36.4 Å². The zero-order chi connectivity index (χ0) is 14.7. The second kappa shape index (κ2) is 5.52. The molecule has 0 aliphatic rings. The molecule has 2 aromatic rings. The van der Waals surface area contributed by atoms with E-state index in [0.717, 1.165) is 0 Å². The smallest absolute Gasteiger partial charge is 0.167 e. The molecule has 0 heterocycles. The number of phenolic OH excluding ortho intramolecular Hbond substituents is 4. The Balaban J connectivity index is 2.12. The lowest BCUT2D eigenvalue weighted by Crippen LogP contribution is -2.01. The van der Waals surface area contributed by atoms with Gasteiger partial charge in [0.15, 0.2) is 5.78 Å². The molecule has 5 nitrogen and oxygen atoms in total. The van der Waals surface area contributed by atoms with Gasteiger partial charge in [0.25, 0.3) is 0 Å². The highest BCUT2D eigenvalue weighted by molar-refractivity contribution is 5.99. The van der Waals surface area contributed by atoms with Gasteiger partial charge in [-0.05, 0) is 48.4 Å². The third-order valence-corrected chi connectivity index (χ3v) is 2.97. The molecule has 0 unspecified atom stereocenters. The Morgan fingerprint density at radius 2 is 1.45 bits per heavy atom. The number of rotatable bonds is 4. The summed E-state index contributed by atoms with van der Waals surface area (Å²) in [7, 11) is 0. The van der Waals surface area contributed by atoms with Crippen LogP contribution in [0, 0.1) is 0 Å². The molecule has 104 valence electrons. The van der Waals surface area contributed by atoms with E-state index in [1.165, 1.54) is 36.4 Å². The summed E-state index contributed by atoms with van der Waals surface area (Å²) < 4.78 is 0. The van der Waals surface area contributed by atoms with Gasteiger partial charge < -0.3 is 20.4 Å². The summed E-state index contributed by atoms with van der Waals surface area (Å²) in [5.74, 6) is -0.665. The minimum Gasteiger partial charge on any atom is -0.508 e. The van der Waals surface area contributed by atoms with E-state index in [4.69, 9.17) is 0 Å². The van der Waals surface area contributed by atoms with Gasteiger partial charge in [0.05, 0.1) is 5.56 Å². The van der Waals surface area contributed by atoms with Crippen LogP contribution in [0.3, 0.4) is 0 Å². The fourth-order valence-electron chi connectivity index (χ4n) is 1.90. The molecule has 20 heavy (non-hydrogen) atoms. The first-order valence-electron chi connectivity index (χ1n) is 6.03. The van der Waals surface area contributed by atoms with Crippen LogP contribution in [-0.2, 0) is 6.42 Å². The van der Waals surface area contributed by atoms with Gasteiger partial charge >= 0.3 is 0 Å². The molecule has 0 saturated heterocycles. The van der Waals surface area contributed by atoms with Gasteiger partial charge in [0.2, 0.25) is 0 Å². The second-order valence-corrected chi connectivity index (χ2v) is 4.44. The molecule has 0 fully saturated rings. The molecule has 0 aliphatic carbocycles. The highest BCUT2D eigenvalue weighted by Gasteiger charge is 2.13. The second-order valence-electron chi connectivity index (χ2n) is 4.44. The van der Waals surface area contributed by atoms with Crippen LogP contribution in [-0.4, -0.2) is 26.2 Å². The summed E-state index contributed by atoms with van der Waals surface area (Å²) in [6.07, 6.45) is 0.252. The van der Waals surface area contributed by atoms with Crippen molar-refractivity contribution < 1.29 is 25.2 Å². The summed E-state index contributed by atoms with van der Waals surface area (Å²) in [5.41, 5.74) is 0.475. The van der Waals surface area contributed by atoms with Gasteiger partial charge in [-0.2, -0.15) is 0 Å². The number of aromatic hydroxyl groups is 4. The Hall–Kier alpha value is -2.69. The van der Waals surface area contributed by atoms with Gasteiger partial charge in [0.1, 0.15) is 23.0 Å². The number of hydrogen-bond acceptors (Lipinski definition) is 5. The van der Waals surface area contributed by atoms with E-state index in [9.17, 15) is 25.2 Å². The first-order valence-corrected chi connectivity index (χ1v) is 6.03. The van der Waals surface area contributed by atoms with E-state index in [1.807, 2.05) is 0 Å². The fourth-order valence-corrected chi connectivity index (χ4v) is 1.90. The normalized spacial score (nSPS) is 10.4. The van der Waals surface area contributed by atoms with Crippen LogP contribution in [0.5, 0.6) is 23.0 Å². The first-order chi connectivity index (χ1) is 9.47. The maximum absolute atomic E-state index is 12.0. The molecule has 0 atom stereocenters. The molecular formula is C15H14O5. The van der Waals surface area contributed by atoms with Crippen molar-refractivity contribution in [2.75, 3.05) is 0 Å². The predicted molar refractivity (Wildman–Crippen MR) is 72.2 cm³/mol. The molecule has 0 spiro atoms. The van der Waals surface area contributed by atoms with Crippen LogP contribution >= 0.6 is 0 Å². The molecule has 0 bridgehead atoms. The van der Waals surface area contributed by atoms with Crippen LogP contribution in [0.4, 0.5) is 0 Å². The summed E-state index contributed by atoms with van der Waals surface area (Å²) in [5, 5.41) is 37.8. The van der Waals surface area contributed by atoms with Crippen LogP contribution in [0.25, 0.3) is 0 Å². The van der Waals surface area contributed by atoms with Gasteiger partial charge in [0, 0.05) is 6.42 Å². The van der Waals surface area contributed by atoms with Crippen LogP contribution < -0.4 is 0 Å². The van der Waals surface area contributed by atoms with Crippen molar-refractivity contribution in [3.8, 4) is 23.0 Å². The van der Waals surface area contributed by atoms with Crippen LogP contribution in [0.2, 0.25) is 0 Å². The lowest BCUT2D eigenvalue weighted by Gasteiger charge is -2.06. The molecule has 2 rings (SSSR count). The first kappa shape index (κ1) is 13.7. The van der Waals surface area contributed by atoms with E-state index in [1.54, 1.807) is 0 Å². The van der Waals surface area contributed by atoms with Crippen molar-refractivity contribution in [2.45, 2.75) is 12.8 Å². The maximum Gasteiger partial charge on any atom is 0.167 e. The summed E-state index contributed by atoms with van der Waals surface area (Å²) in [4.78, 5) is 12.0. The monoisotopic (exact) mass is 274 g/mol. The molecule has 0 saturated carbocycles. The Morgan fingerprint density at radius 3 is 2.15 bits per heavy atom. The van der Waals surface area contributed by atoms with Crippen molar-refractivity contribution in [3.05, 3.63) is 47.5 Å². The van der Waals surface area contributed by atoms with Gasteiger partial charge in [-0.1, -0.05) is 0 Å². The molecule has 0 aromatic heterocycles. The fraction of sp³-hybridized carbons (Fsp3) is 0.133. The zero-order valence-corrected chi connectivity index (χ0v) is 10.6. The van der Waals surface area contributed by atoms with E-state index < -0.39 is 0 Å². The lowest BCUT2D eigenvalue weighted by atomic mass is 10.0. The Kier molecular flexibility index (Phi) is 3.79. The van der Waals surface area contributed by atoms with Crippen molar-refractivity contribution in [1.29, 1.82) is 0 Å². The summed E-state index contributed by atoms with van der Waals surface area (Å²) >= 11 is 0. The molecular weight excluding hydrogens is 260 g/mol. The van der Waals surface area contributed by atoms with Crippen LogP contribution in [0.1, 0.15) is 22.3 Å². The average molecular weight is 274 g/mol. The van der Waals surface area contributed by atoms with E-state index in [0.29, 0.717) is 5.56 Å². The zero-order valence-electron chi connectivity index (χ0n) is 10.6. The Morgan fingerprint density at radius 1 is 0.850 bits per heavy atom. The van der Waals surface area contributed by atoms with Gasteiger partial charge in [-0.25, -0.2) is 0 Å². The van der Waals surface area contributed by atoms with Gasteiger partial charge in [-0.15, -0.1) is 0 Å². The standard InChI is InChI=1S/C15H14O5/c16-10-2-5-13(18)9(7-10)1-4-14(19)12-8-11(17)3-6-15(12)20/h2-3,5-8,16-18,20H,1,4H2. The molecule has 0 amide bonds. The quantitative estimate of drug-likeness (QED) is 0.506. The Bertz CT molecular complexity index is 649. The minimum atomic E-state index is -0.360. The Labute approximate surface area is 115 Å². The third kappa shape index (κ3) is 3.00. The van der Waals surface area contributed by atoms with Gasteiger partial charge in [-0.3, -0.25) is 4.79 Å². The minimum absolute atomic E-state index is 0.00395. The molecule has 4 N–H and O–H groups in total. The molecule has 0 aliphatic heterocycles. The number of carbonyl (C=O) groups excluding carboxylic acids is 1. The number of ketones is 1. The number of hydrogen-bond donors (Lipinski definition) is 4. The van der Waals surface area contributed by atoms with Crippen molar-refractivity contribution >= 4 is 5.78 Å². The topological polar surface area (TPSA) is 98.0 Å². The average Bonchev–Trinajstić information content (AvgIpc) is 2.42. The number of benzene rings is 2. The number of carbonyl (C=O) groups is 1. The summed E-state index contributed by atoms with van der Waals surface area (Å²) in [6.45, 7) is 0. The third-order valence-electron chi connectivity index (χ3n) is 2.97. The lowest BCUT2D eigenvalue weighted by molar-refractivity contribution is 0.0979. The van der Waals surface area contributed by atoms with E-state index >= 15 is 0 Å². The number of phenols is 4. The van der Waals surface area contributed by atoms with Crippen molar-refractivity contribution in [1.82, 2.24) is 0 Å². The maximum atomic E-state index is 12.0. The van der Waals surface area contributed by atoms with E-state index in [2.05, 4.69) is 0 Å². The predicted octanol–water partition coefficient (Wildman–Crippen LogP) is 2.32. The highest BCUT2D eigenvalue weighted by Crippen LogP contribution is 2.26. The molecule has 0 radical (unpaired) electrons. The number of Topliss-reactive ketones (excluding diaryl/α,β-unsaturated/α-hetero) is 1. The SMILES string of the molecule is O=C(CCc1cc(O)ccc1O)c1cc(O)ccc1O. The van der Waals surface area contributed by atoms with Crippen molar-refractivity contribution in [3.63, 3.8) is 0 Å². The largest absolute Gasteiger partial charge is 0.508 e. The summed E-state index contributed by atoms with van der Waals surface area (Å²) in [6, 6.07) is 7.80. The van der Waals surface area contributed by atoms with E-state index in [-0.39, 0.29) is 47.2 Å². The number of aryl methyl sites for hydroxylation is 1. The molecule has 2 aromatic carbocycles.